The minimum atomic E-state index is -0.187. The third kappa shape index (κ3) is 4.35. The number of urea groups is 1. The molecule has 0 atom stereocenters. The van der Waals surface area contributed by atoms with E-state index >= 15 is 0 Å². The molecule has 1 aromatic rings. The van der Waals surface area contributed by atoms with Gasteiger partial charge in [-0.15, -0.1) is 0 Å². The Hall–Kier alpha value is -1.71. The Balaban J connectivity index is 2.41. The number of nitrogens with one attached hydrogen (secondary N) is 2. The van der Waals surface area contributed by atoms with Crippen LogP contribution in [-0.4, -0.2) is 12.6 Å². The van der Waals surface area contributed by atoms with Gasteiger partial charge in [0.05, 0.1) is 0 Å². The van der Waals surface area contributed by atoms with Crippen molar-refractivity contribution in [1.29, 1.82) is 0 Å². The first-order chi connectivity index (χ1) is 7.08. The summed E-state index contributed by atoms with van der Waals surface area (Å²) in [5, 5.41) is 5.48. The fourth-order valence-electron chi connectivity index (χ4n) is 1.04. The van der Waals surface area contributed by atoms with E-state index in [-0.39, 0.29) is 6.03 Å². The van der Waals surface area contributed by atoms with Gasteiger partial charge in [0.1, 0.15) is 0 Å². The second-order valence-corrected chi connectivity index (χ2v) is 3.85. The topological polar surface area (TPSA) is 67.2 Å². The molecule has 0 aromatic heterocycles. The van der Waals surface area contributed by atoms with Crippen molar-refractivity contribution >= 4 is 17.4 Å². The van der Waals surface area contributed by atoms with E-state index in [1.54, 1.807) is 24.3 Å². The highest BCUT2D eigenvalue weighted by Crippen LogP contribution is 2.09. The number of anilines is 2. The predicted molar refractivity (Wildman–Crippen MR) is 62.7 cm³/mol. The molecule has 15 heavy (non-hydrogen) atoms. The summed E-state index contributed by atoms with van der Waals surface area (Å²) < 4.78 is 0. The molecule has 1 rings (SSSR count). The van der Waals surface area contributed by atoms with Gasteiger partial charge in [-0.2, -0.15) is 0 Å². The van der Waals surface area contributed by atoms with E-state index in [1.807, 2.05) is 13.8 Å². The summed E-state index contributed by atoms with van der Waals surface area (Å²) in [6.45, 7) is 4.76. The number of carbonyl (C=O) groups excluding carboxylic acids is 1. The summed E-state index contributed by atoms with van der Waals surface area (Å²) >= 11 is 0. The molecular formula is C11H17N3O. The number of nitrogens with two attached hydrogens (primary N) is 1. The summed E-state index contributed by atoms with van der Waals surface area (Å²) in [5.74, 6) is 0.446. The van der Waals surface area contributed by atoms with Crippen LogP contribution < -0.4 is 16.4 Å². The van der Waals surface area contributed by atoms with E-state index in [9.17, 15) is 4.79 Å². The molecule has 0 aliphatic carbocycles. The molecule has 0 unspecified atom stereocenters. The van der Waals surface area contributed by atoms with Crippen LogP contribution in [0.15, 0.2) is 24.3 Å². The highest BCUT2D eigenvalue weighted by atomic mass is 16.2. The molecule has 4 N–H and O–H groups in total. The number of carbonyl (C=O) groups is 1. The van der Waals surface area contributed by atoms with Crippen molar-refractivity contribution in [2.45, 2.75) is 13.8 Å². The Labute approximate surface area is 89.9 Å². The number of hydrogen-bond donors (Lipinski definition) is 3. The zero-order valence-corrected chi connectivity index (χ0v) is 9.08. The molecule has 82 valence electrons. The van der Waals surface area contributed by atoms with Crippen molar-refractivity contribution in [3.8, 4) is 0 Å². The van der Waals surface area contributed by atoms with Crippen molar-refractivity contribution in [2.24, 2.45) is 5.92 Å². The predicted octanol–water partition coefficient (Wildman–Crippen LogP) is 2.05. The molecule has 0 aliphatic heterocycles. The van der Waals surface area contributed by atoms with Gasteiger partial charge in [-0.05, 0) is 30.2 Å². The second kappa shape index (κ2) is 5.24. The lowest BCUT2D eigenvalue weighted by molar-refractivity contribution is 0.251. The molecule has 0 spiro atoms. The third-order valence-corrected chi connectivity index (χ3v) is 1.84. The van der Waals surface area contributed by atoms with Crippen molar-refractivity contribution in [2.75, 3.05) is 17.6 Å². The fraction of sp³-hybridized carbons (Fsp3) is 0.364. The first kappa shape index (κ1) is 11.4. The molecule has 2 amide bonds. The smallest absolute Gasteiger partial charge is 0.319 e. The summed E-state index contributed by atoms with van der Waals surface area (Å²) in [5.41, 5.74) is 6.95. The molecule has 0 fully saturated rings. The van der Waals surface area contributed by atoms with E-state index in [0.29, 0.717) is 18.2 Å². The van der Waals surface area contributed by atoms with E-state index in [4.69, 9.17) is 5.73 Å². The minimum Gasteiger partial charge on any atom is -0.399 e. The van der Waals surface area contributed by atoms with E-state index in [0.717, 1.165) is 5.69 Å². The molecule has 4 nitrogen and oxygen atoms in total. The minimum absolute atomic E-state index is 0.187. The molecule has 0 aliphatic rings. The van der Waals surface area contributed by atoms with Gasteiger partial charge >= 0.3 is 6.03 Å². The molecule has 0 bridgehead atoms. The van der Waals surface area contributed by atoms with E-state index in [1.165, 1.54) is 0 Å². The lowest BCUT2D eigenvalue weighted by Gasteiger charge is -2.09. The Morgan fingerprint density at radius 3 is 2.47 bits per heavy atom. The second-order valence-electron chi connectivity index (χ2n) is 3.85. The number of benzene rings is 1. The van der Waals surface area contributed by atoms with Gasteiger partial charge in [-0.1, -0.05) is 13.8 Å². The van der Waals surface area contributed by atoms with Gasteiger partial charge in [0.2, 0.25) is 0 Å². The summed E-state index contributed by atoms with van der Waals surface area (Å²) in [4.78, 5) is 11.3. The van der Waals surface area contributed by atoms with Gasteiger partial charge in [0.25, 0.3) is 0 Å². The Kier molecular flexibility index (Phi) is 3.97. The van der Waals surface area contributed by atoms with Crippen LogP contribution >= 0.6 is 0 Å². The van der Waals surface area contributed by atoms with Crippen LogP contribution in [0, 0.1) is 5.92 Å². The Morgan fingerprint density at radius 1 is 1.33 bits per heavy atom. The van der Waals surface area contributed by atoms with Gasteiger partial charge in [-0.3, -0.25) is 0 Å². The number of hydrogen-bond acceptors (Lipinski definition) is 2. The molecule has 4 heteroatoms. The maximum atomic E-state index is 11.3. The monoisotopic (exact) mass is 207 g/mol. The maximum Gasteiger partial charge on any atom is 0.319 e. The highest BCUT2D eigenvalue weighted by molar-refractivity contribution is 5.89. The quantitative estimate of drug-likeness (QED) is 0.664. The van der Waals surface area contributed by atoms with Crippen LogP contribution in [-0.2, 0) is 0 Å². The normalized spacial score (nSPS) is 10.1. The molecule has 0 radical (unpaired) electrons. The van der Waals surface area contributed by atoms with Crippen molar-refractivity contribution < 1.29 is 4.79 Å². The molecule has 0 saturated carbocycles. The van der Waals surface area contributed by atoms with Crippen molar-refractivity contribution in [3.63, 3.8) is 0 Å². The van der Waals surface area contributed by atoms with E-state index in [2.05, 4.69) is 10.6 Å². The first-order valence-corrected chi connectivity index (χ1v) is 4.98. The molecule has 0 saturated heterocycles. The maximum absolute atomic E-state index is 11.3. The standard InChI is InChI=1S/C11H17N3O/c1-8(2)7-13-11(15)14-10-5-3-9(12)4-6-10/h3-6,8H,7,12H2,1-2H3,(H2,13,14,15). The largest absolute Gasteiger partial charge is 0.399 e. The van der Waals surface area contributed by atoms with Crippen LogP contribution in [0.5, 0.6) is 0 Å². The summed E-state index contributed by atoms with van der Waals surface area (Å²) in [6.07, 6.45) is 0. The molecular weight excluding hydrogens is 190 g/mol. The first-order valence-electron chi connectivity index (χ1n) is 4.98. The van der Waals surface area contributed by atoms with Gasteiger partial charge < -0.3 is 16.4 Å². The van der Waals surface area contributed by atoms with Crippen LogP contribution in [0.4, 0.5) is 16.2 Å². The zero-order chi connectivity index (χ0) is 11.3. The highest BCUT2D eigenvalue weighted by Gasteiger charge is 2.01. The van der Waals surface area contributed by atoms with Crippen LogP contribution in [0.2, 0.25) is 0 Å². The summed E-state index contributed by atoms with van der Waals surface area (Å²) in [6, 6.07) is 6.85. The SMILES string of the molecule is CC(C)CNC(=O)Nc1ccc(N)cc1. The van der Waals surface area contributed by atoms with Gasteiger partial charge in [0.15, 0.2) is 0 Å². The van der Waals surface area contributed by atoms with Gasteiger partial charge in [-0.25, -0.2) is 4.79 Å². The number of amides is 2. The van der Waals surface area contributed by atoms with E-state index < -0.39 is 0 Å². The number of nitrogen functional groups attached to an aromatic ring is 1. The number of rotatable bonds is 3. The Morgan fingerprint density at radius 2 is 1.93 bits per heavy atom. The lowest BCUT2D eigenvalue weighted by Crippen LogP contribution is -2.31. The lowest BCUT2D eigenvalue weighted by atomic mass is 10.2. The van der Waals surface area contributed by atoms with Crippen LogP contribution in [0.3, 0.4) is 0 Å². The van der Waals surface area contributed by atoms with Crippen LogP contribution in [0.25, 0.3) is 0 Å². The average Bonchev–Trinajstić information content (AvgIpc) is 2.19. The third-order valence-electron chi connectivity index (χ3n) is 1.84. The van der Waals surface area contributed by atoms with Crippen molar-refractivity contribution in [3.05, 3.63) is 24.3 Å². The fourth-order valence-corrected chi connectivity index (χ4v) is 1.04. The van der Waals surface area contributed by atoms with Crippen LogP contribution in [0.1, 0.15) is 13.8 Å². The average molecular weight is 207 g/mol. The molecule has 1 aromatic carbocycles. The zero-order valence-electron chi connectivity index (χ0n) is 9.08. The van der Waals surface area contributed by atoms with Crippen molar-refractivity contribution in [1.82, 2.24) is 5.32 Å². The van der Waals surface area contributed by atoms with Gasteiger partial charge in [0, 0.05) is 17.9 Å². The Bertz CT molecular complexity index is 319. The molecule has 0 heterocycles. The summed E-state index contributed by atoms with van der Waals surface area (Å²) in [7, 11) is 0.